The van der Waals surface area contributed by atoms with Crippen molar-refractivity contribution in [3.63, 3.8) is 0 Å². The van der Waals surface area contributed by atoms with E-state index in [0.29, 0.717) is 0 Å². The fraction of sp³-hybridized carbons (Fsp3) is 0.375. The quantitative estimate of drug-likeness (QED) is 0.896. The molecular formula is C16H18F2N4O. The average molecular weight is 320 g/mol. The third kappa shape index (κ3) is 3.67. The van der Waals surface area contributed by atoms with Gasteiger partial charge in [-0.25, -0.2) is 13.8 Å². The van der Waals surface area contributed by atoms with Gasteiger partial charge in [0.2, 0.25) is 5.88 Å². The third-order valence-corrected chi connectivity index (χ3v) is 3.86. The topological polar surface area (TPSA) is 73.1 Å². The summed E-state index contributed by atoms with van der Waals surface area (Å²) in [5, 5.41) is 2.69. The van der Waals surface area contributed by atoms with Crippen LogP contribution in [-0.2, 0) is 0 Å². The molecule has 23 heavy (non-hydrogen) atoms. The monoisotopic (exact) mass is 320 g/mol. The van der Waals surface area contributed by atoms with Crippen LogP contribution >= 0.6 is 0 Å². The lowest BCUT2D eigenvalue weighted by Gasteiger charge is -2.23. The van der Waals surface area contributed by atoms with Gasteiger partial charge in [0.15, 0.2) is 5.82 Å². The lowest BCUT2D eigenvalue weighted by atomic mass is 9.98. The molecule has 0 radical (unpaired) electrons. The highest BCUT2D eigenvalue weighted by Gasteiger charge is 2.18. The number of aromatic nitrogens is 2. The summed E-state index contributed by atoms with van der Waals surface area (Å²) in [5.41, 5.74) is 6.15. The van der Waals surface area contributed by atoms with E-state index in [0.717, 1.165) is 43.9 Å². The van der Waals surface area contributed by atoms with Gasteiger partial charge in [-0.3, -0.25) is 0 Å². The second-order valence-corrected chi connectivity index (χ2v) is 5.57. The lowest BCUT2D eigenvalue weighted by molar-refractivity contribution is 0.149. The number of nitrogens with zero attached hydrogens (tertiary/aromatic N) is 2. The second-order valence-electron chi connectivity index (χ2n) is 5.57. The highest BCUT2D eigenvalue weighted by atomic mass is 19.1. The summed E-state index contributed by atoms with van der Waals surface area (Å²) in [5.74, 6) is -0.694. The second kappa shape index (κ2) is 6.76. The zero-order valence-electron chi connectivity index (χ0n) is 12.6. The van der Waals surface area contributed by atoms with Crippen molar-refractivity contribution in [2.24, 2.45) is 0 Å². The first-order chi connectivity index (χ1) is 11.1. The molecule has 7 heteroatoms. The summed E-state index contributed by atoms with van der Waals surface area (Å²) in [6.07, 6.45) is 6.75. The highest BCUT2D eigenvalue weighted by molar-refractivity contribution is 5.72. The van der Waals surface area contributed by atoms with Crippen molar-refractivity contribution in [2.75, 3.05) is 11.1 Å². The van der Waals surface area contributed by atoms with Crippen molar-refractivity contribution < 1.29 is 13.5 Å². The van der Waals surface area contributed by atoms with Crippen LogP contribution < -0.4 is 15.8 Å². The minimum Gasteiger partial charge on any atom is -0.473 e. The molecule has 122 valence electrons. The average Bonchev–Trinajstić information content (AvgIpc) is 2.55. The van der Waals surface area contributed by atoms with Crippen molar-refractivity contribution >= 4 is 17.2 Å². The molecule has 1 saturated carbocycles. The first-order valence-corrected chi connectivity index (χ1v) is 7.62. The molecule has 0 bridgehead atoms. The Morgan fingerprint density at radius 2 is 1.91 bits per heavy atom. The molecule has 0 atom stereocenters. The van der Waals surface area contributed by atoms with Crippen LogP contribution in [0.1, 0.15) is 32.1 Å². The standard InChI is InChI=1S/C16H18F2N4O/c17-10-6-7-12(18)13(8-10)22-15-14(19)16(21-9-20-15)23-11-4-2-1-3-5-11/h6-9,11H,1-5,19H2,(H,20,21,22). The van der Waals surface area contributed by atoms with Gasteiger partial charge in [-0.2, -0.15) is 4.98 Å². The van der Waals surface area contributed by atoms with Crippen LogP contribution in [0.15, 0.2) is 24.5 Å². The normalized spacial score (nSPS) is 15.4. The van der Waals surface area contributed by atoms with E-state index in [1.54, 1.807) is 0 Å². The number of hydrogen-bond acceptors (Lipinski definition) is 5. The van der Waals surface area contributed by atoms with Crippen LogP contribution in [0.4, 0.5) is 26.0 Å². The fourth-order valence-electron chi connectivity index (χ4n) is 2.63. The molecule has 1 aliphatic carbocycles. The number of nitrogens with two attached hydrogens (primary N) is 1. The van der Waals surface area contributed by atoms with Crippen molar-refractivity contribution in [1.29, 1.82) is 0 Å². The maximum atomic E-state index is 13.7. The summed E-state index contributed by atoms with van der Waals surface area (Å²) >= 11 is 0. The summed E-state index contributed by atoms with van der Waals surface area (Å²) < 4.78 is 32.8. The molecule has 1 aliphatic rings. The number of hydrogen-bond donors (Lipinski definition) is 2. The molecule has 0 unspecified atom stereocenters. The number of anilines is 3. The Morgan fingerprint density at radius 1 is 1.13 bits per heavy atom. The number of nitrogen functional groups attached to an aromatic ring is 1. The fourth-order valence-corrected chi connectivity index (χ4v) is 2.63. The molecule has 1 fully saturated rings. The lowest BCUT2D eigenvalue weighted by Crippen LogP contribution is -2.21. The van der Waals surface area contributed by atoms with E-state index in [4.69, 9.17) is 10.5 Å². The number of halogens is 2. The molecule has 1 heterocycles. The van der Waals surface area contributed by atoms with E-state index in [1.807, 2.05) is 0 Å². The Hall–Kier alpha value is -2.44. The Kier molecular flexibility index (Phi) is 4.55. The van der Waals surface area contributed by atoms with Crippen molar-refractivity contribution in [1.82, 2.24) is 9.97 Å². The molecular weight excluding hydrogens is 302 g/mol. The van der Waals surface area contributed by atoms with E-state index in [1.165, 1.54) is 12.7 Å². The Balaban J connectivity index is 1.80. The van der Waals surface area contributed by atoms with Gasteiger partial charge in [-0.1, -0.05) is 6.42 Å². The van der Waals surface area contributed by atoms with Crippen LogP contribution in [0.5, 0.6) is 5.88 Å². The summed E-state index contributed by atoms with van der Waals surface area (Å²) in [6.45, 7) is 0. The zero-order valence-corrected chi connectivity index (χ0v) is 12.6. The first kappa shape index (κ1) is 15.5. The summed E-state index contributed by atoms with van der Waals surface area (Å²) in [7, 11) is 0. The Bertz CT molecular complexity index is 690. The maximum absolute atomic E-state index is 13.7. The Morgan fingerprint density at radius 3 is 2.70 bits per heavy atom. The third-order valence-electron chi connectivity index (χ3n) is 3.86. The molecule has 5 nitrogen and oxygen atoms in total. The van der Waals surface area contributed by atoms with Crippen LogP contribution in [0.3, 0.4) is 0 Å². The molecule has 0 aliphatic heterocycles. The van der Waals surface area contributed by atoms with Crippen LogP contribution in [0, 0.1) is 11.6 Å². The first-order valence-electron chi connectivity index (χ1n) is 7.62. The molecule has 0 spiro atoms. The van der Waals surface area contributed by atoms with Gasteiger partial charge in [0.25, 0.3) is 0 Å². The van der Waals surface area contributed by atoms with E-state index in [9.17, 15) is 8.78 Å². The maximum Gasteiger partial charge on any atom is 0.242 e. The number of nitrogens with one attached hydrogen (secondary N) is 1. The van der Waals surface area contributed by atoms with Gasteiger partial charge in [0.1, 0.15) is 29.8 Å². The predicted octanol–water partition coefficient (Wildman–Crippen LogP) is 3.79. The smallest absolute Gasteiger partial charge is 0.242 e. The minimum atomic E-state index is -0.598. The number of rotatable bonds is 4. The van der Waals surface area contributed by atoms with Crippen LogP contribution in [0.2, 0.25) is 0 Å². The summed E-state index contributed by atoms with van der Waals surface area (Å²) in [4.78, 5) is 8.03. The summed E-state index contributed by atoms with van der Waals surface area (Å²) in [6, 6.07) is 3.12. The SMILES string of the molecule is Nc1c(Nc2cc(F)ccc2F)ncnc1OC1CCCCC1. The van der Waals surface area contributed by atoms with E-state index >= 15 is 0 Å². The van der Waals surface area contributed by atoms with Gasteiger partial charge in [0, 0.05) is 6.07 Å². The predicted molar refractivity (Wildman–Crippen MR) is 83.6 cm³/mol. The van der Waals surface area contributed by atoms with Gasteiger partial charge in [0.05, 0.1) is 5.69 Å². The number of ether oxygens (including phenoxy) is 1. The van der Waals surface area contributed by atoms with E-state index in [2.05, 4.69) is 15.3 Å². The number of benzene rings is 1. The van der Waals surface area contributed by atoms with Crippen molar-refractivity contribution in [3.05, 3.63) is 36.2 Å². The van der Waals surface area contributed by atoms with E-state index < -0.39 is 11.6 Å². The molecule has 2 aromatic rings. The zero-order chi connectivity index (χ0) is 16.2. The van der Waals surface area contributed by atoms with Gasteiger partial charge in [-0.05, 0) is 37.8 Å². The molecule has 1 aromatic carbocycles. The van der Waals surface area contributed by atoms with Crippen LogP contribution in [-0.4, -0.2) is 16.1 Å². The van der Waals surface area contributed by atoms with Crippen molar-refractivity contribution in [2.45, 2.75) is 38.2 Å². The Labute approximate surface area is 132 Å². The van der Waals surface area contributed by atoms with Gasteiger partial charge >= 0.3 is 0 Å². The molecule has 0 amide bonds. The molecule has 3 rings (SSSR count). The van der Waals surface area contributed by atoms with Crippen molar-refractivity contribution in [3.8, 4) is 5.88 Å². The van der Waals surface area contributed by atoms with Gasteiger partial charge in [-0.15, -0.1) is 0 Å². The highest BCUT2D eigenvalue weighted by Crippen LogP contribution is 2.31. The molecule has 0 saturated heterocycles. The van der Waals surface area contributed by atoms with Crippen LogP contribution in [0.25, 0.3) is 0 Å². The van der Waals surface area contributed by atoms with E-state index in [-0.39, 0.29) is 29.2 Å². The van der Waals surface area contributed by atoms with Gasteiger partial charge < -0.3 is 15.8 Å². The molecule has 3 N–H and O–H groups in total. The largest absolute Gasteiger partial charge is 0.473 e. The molecule has 1 aromatic heterocycles. The minimum absolute atomic E-state index is 0.0426.